The van der Waals surface area contributed by atoms with E-state index in [1.54, 1.807) is 13.8 Å². The number of hydrogen-bond acceptors (Lipinski definition) is 6. The zero-order valence-electron chi connectivity index (χ0n) is 11.9. The first-order valence-electron chi connectivity index (χ1n) is 6.28. The number of halogens is 3. The van der Waals surface area contributed by atoms with Crippen molar-refractivity contribution in [2.24, 2.45) is 0 Å². The van der Waals surface area contributed by atoms with Crippen molar-refractivity contribution < 1.29 is 39.7 Å². The lowest BCUT2D eigenvalue weighted by atomic mass is 10.1. The predicted octanol–water partition coefficient (Wildman–Crippen LogP) is 3.15. The first-order chi connectivity index (χ1) is 10.6. The molecular formula is C13H11F3O6S. The van der Waals surface area contributed by atoms with Gasteiger partial charge in [0.2, 0.25) is 5.76 Å². The van der Waals surface area contributed by atoms with E-state index in [1.807, 2.05) is 0 Å². The maximum absolute atomic E-state index is 12.3. The molecule has 10 heteroatoms. The Labute approximate surface area is 128 Å². The zero-order chi connectivity index (χ0) is 17.4. The molecule has 23 heavy (non-hydrogen) atoms. The van der Waals surface area contributed by atoms with Gasteiger partial charge < -0.3 is 13.3 Å². The van der Waals surface area contributed by atoms with Gasteiger partial charge in [0.05, 0.1) is 6.61 Å². The van der Waals surface area contributed by atoms with Crippen LogP contribution in [0.1, 0.15) is 23.0 Å². The molecule has 6 nitrogen and oxygen atoms in total. The van der Waals surface area contributed by atoms with E-state index in [2.05, 4.69) is 4.18 Å². The van der Waals surface area contributed by atoms with Crippen molar-refractivity contribution in [1.82, 2.24) is 0 Å². The number of furan rings is 1. The van der Waals surface area contributed by atoms with Gasteiger partial charge in [-0.25, -0.2) is 4.79 Å². The van der Waals surface area contributed by atoms with Crippen LogP contribution in [0.3, 0.4) is 0 Å². The molecule has 0 radical (unpaired) electrons. The van der Waals surface area contributed by atoms with Crippen LogP contribution >= 0.6 is 0 Å². The average molecular weight is 352 g/mol. The molecule has 0 saturated carbocycles. The maximum Gasteiger partial charge on any atom is 0.534 e. The van der Waals surface area contributed by atoms with Crippen LogP contribution in [0.5, 0.6) is 5.75 Å². The van der Waals surface area contributed by atoms with E-state index in [1.165, 1.54) is 6.07 Å². The second kappa shape index (κ2) is 5.76. The summed E-state index contributed by atoms with van der Waals surface area (Å²) in [4.78, 5) is 11.7. The van der Waals surface area contributed by atoms with Gasteiger partial charge in [0.25, 0.3) is 0 Å². The van der Waals surface area contributed by atoms with Crippen LogP contribution in [-0.2, 0) is 14.9 Å². The first kappa shape index (κ1) is 17.1. The van der Waals surface area contributed by atoms with Crippen molar-refractivity contribution in [2.45, 2.75) is 19.4 Å². The van der Waals surface area contributed by atoms with Gasteiger partial charge in [0.1, 0.15) is 11.3 Å². The fourth-order valence-corrected chi connectivity index (χ4v) is 2.27. The fourth-order valence-electron chi connectivity index (χ4n) is 1.82. The van der Waals surface area contributed by atoms with Crippen LogP contribution in [-0.4, -0.2) is 26.5 Å². The molecule has 0 fully saturated rings. The van der Waals surface area contributed by atoms with Gasteiger partial charge in [0.15, 0.2) is 0 Å². The van der Waals surface area contributed by atoms with E-state index in [4.69, 9.17) is 9.15 Å². The molecular weight excluding hydrogens is 341 g/mol. The van der Waals surface area contributed by atoms with Gasteiger partial charge in [-0.05, 0) is 26.0 Å². The van der Waals surface area contributed by atoms with Gasteiger partial charge in [-0.2, -0.15) is 21.6 Å². The first-order valence-corrected chi connectivity index (χ1v) is 7.68. The minimum atomic E-state index is -5.78. The summed E-state index contributed by atoms with van der Waals surface area (Å²) < 4.78 is 72.8. The molecule has 0 saturated heterocycles. The molecule has 0 unspecified atom stereocenters. The van der Waals surface area contributed by atoms with E-state index < -0.39 is 27.3 Å². The van der Waals surface area contributed by atoms with Gasteiger partial charge in [-0.1, -0.05) is 0 Å². The molecule has 0 spiro atoms. The van der Waals surface area contributed by atoms with E-state index in [-0.39, 0.29) is 18.0 Å². The molecule has 2 rings (SSSR count). The normalized spacial score (nSPS) is 12.4. The van der Waals surface area contributed by atoms with Crippen LogP contribution in [0.25, 0.3) is 11.0 Å². The average Bonchev–Trinajstić information content (AvgIpc) is 2.74. The quantitative estimate of drug-likeness (QED) is 0.478. The fraction of sp³-hybridized carbons (Fsp3) is 0.308. The van der Waals surface area contributed by atoms with Crippen LogP contribution in [0.15, 0.2) is 22.6 Å². The monoisotopic (exact) mass is 352 g/mol. The molecule has 0 amide bonds. The molecule has 126 valence electrons. The Morgan fingerprint density at radius 3 is 2.52 bits per heavy atom. The van der Waals surface area contributed by atoms with E-state index in [0.29, 0.717) is 10.9 Å². The Bertz CT molecular complexity index is 850. The molecule has 1 aromatic heterocycles. The Hall–Kier alpha value is -2.23. The van der Waals surface area contributed by atoms with E-state index >= 15 is 0 Å². The van der Waals surface area contributed by atoms with Crippen molar-refractivity contribution >= 4 is 27.1 Å². The third kappa shape index (κ3) is 3.26. The summed E-state index contributed by atoms with van der Waals surface area (Å²) in [5.74, 6) is -1.43. The summed E-state index contributed by atoms with van der Waals surface area (Å²) in [5.41, 5.74) is -5.12. The lowest BCUT2D eigenvalue weighted by molar-refractivity contribution is -0.0500. The summed E-state index contributed by atoms with van der Waals surface area (Å²) in [5, 5.41) is 0.421. The lowest BCUT2D eigenvalue weighted by Crippen LogP contribution is -2.28. The maximum atomic E-state index is 12.3. The van der Waals surface area contributed by atoms with E-state index in [0.717, 1.165) is 12.1 Å². The highest BCUT2D eigenvalue weighted by atomic mass is 32.2. The summed E-state index contributed by atoms with van der Waals surface area (Å²) in [7, 11) is -5.78. The number of carbonyl (C=O) groups is 1. The molecule has 0 atom stereocenters. The molecule has 0 aliphatic rings. The molecule has 0 aliphatic heterocycles. The van der Waals surface area contributed by atoms with Crippen molar-refractivity contribution in [2.75, 3.05) is 6.61 Å². The van der Waals surface area contributed by atoms with Crippen LogP contribution in [0.2, 0.25) is 0 Å². The summed E-state index contributed by atoms with van der Waals surface area (Å²) >= 11 is 0. The summed E-state index contributed by atoms with van der Waals surface area (Å²) in [6.07, 6.45) is 0. The largest absolute Gasteiger partial charge is 0.534 e. The Morgan fingerprint density at radius 1 is 1.30 bits per heavy atom. The zero-order valence-corrected chi connectivity index (χ0v) is 12.7. The van der Waals surface area contributed by atoms with Crippen LogP contribution in [0, 0.1) is 6.92 Å². The summed E-state index contributed by atoms with van der Waals surface area (Å²) in [6.45, 7) is 3.28. The molecule has 0 N–H and O–H groups in total. The molecule has 2 aromatic rings. The molecule has 1 aromatic carbocycles. The topological polar surface area (TPSA) is 82.8 Å². The highest BCUT2D eigenvalue weighted by molar-refractivity contribution is 7.88. The highest BCUT2D eigenvalue weighted by Crippen LogP contribution is 2.32. The Morgan fingerprint density at radius 2 is 1.96 bits per heavy atom. The number of carbonyl (C=O) groups excluding carboxylic acids is 1. The molecule has 0 aliphatic carbocycles. The number of ether oxygens (including phenoxy) is 1. The minimum absolute atomic E-state index is 0.000396. The van der Waals surface area contributed by atoms with E-state index in [9.17, 15) is 26.4 Å². The number of rotatable bonds is 4. The highest BCUT2D eigenvalue weighted by Gasteiger charge is 2.48. The van der Waals surface area contributed by atoms with Gasteiger partial charge >= 0.3 is 21.6 Å². The lowest BCUT2D eigenvalue weighted by Gasteiger charge is -2.08. The Balaban J connectivity index is 2.42. The number of esters is 1. The van der Waals surface area contributed by atoms with Crippen molar-refractivity contribution in [3.63, 3.8) is 0 Å². The van der Waals surface area contributed by atoms with Crippen molar-refractivity contribution in [3.8, 4) is 5.75 Å². The standard InChI is InChI=1S/C13H11F3O6S/c1-3-20-12(17)11-7(2)9-5-4-8(6-10(9)21-11)22-23(18,19)13(14,15)16/h4-6H,3H2,1-2H3. The second-order valence-corrected chi connectivity index (χ2v) is 5.96. The summed E-state index contributed by atoms with van der Waals surface area (Å²) in [6, 6.07) is 3.27. The predicted molar refractivity (Wildman–Crippen MR) is 72.5 cm³/mol. The van der Waals surface area contributed by atoms with Crippen molar-refractivity contribution in [3.05, 3.63) is 29.5 Å². The van der Waals surface area contributed by atoms with Crippen LogP contribution in [0.4, 0.5) is 13.2 Å². The second-order valence-electron chi connectivity index (χ2n) is 4.42. The number of aryl methyl sites for hydroxylation is 1. The Kier molecular flexibility index (Phi) is 4.29. The van der Waals surface area contributed by atoms with Gasteiger partial charge in [-0.15, -0.1) is 0 Å². The van der Waals surface area contributed by atoms with Gasteiger partial charge in [0, 0.05) is 17.0 Å². The molecule has 1 heterocycles. The smallest absolute Gasteiger partial charge is 0.460 e. The SMILES string of the molecule is CCOC(=O)c1oc2cc(OS(=O)(=O)C(F)(F)F)ccc2c1C. The number of benzene rings is 1. The van der Waals surface area contributed by atoms with Gasteiger partial charge in [-0.3, -0.25) is 0 Å². The number of hydrogen-bond donors (Lipinski definition) is 0. The van der Waals surface area contributed by atoms with Crippen LogP contribution < -0.4 is 4.18 Å². The number of alkyl halides is 3. The minimum Gasteiger partial charge on any atom is -0.460 e. The molecule has 0 bridgehead atoms. The third-order valence-corrected chi connectivity index (χ3v) is 3.84. The number of fused-ring (bicyclic) bond motifs is 1. The third-order valence-electron chi connectivity index (χ3n) is 2.86. The van der Waals surface area contributed by atoms with Crippen molar-refractivity contribution in [1.29, 1.82) is 0 Å².